The van der Waals surface area contributed by atoms with Crippen molar-refractivity contribution in [3.05, 3.63) is 65.7 Å². The van der Waals surface area contributed by atoms with Gasteiger partial charge in [0.15, 0.2) is 5.96 Å². The number of aliphatic imine (C=N–C) groups is 1. The van der Waals surface area contributed by atoms with Gasteiger partial charge in [-0.15, -0.1) is 0 Å². The number of amides is 10. The van der Waals surface area contributed by atoms with Gasteiger partial charge >= 0.3 is 0 Å². The predicted octanol–water partition coefficient (Wildman–Crippen LogP) is -1.48. The number of benzene rings is 2. The monoisotopic (exact) mass is 1100 g/mol. The molecule has 7 atom stereocenters. The van der Waals surface area contributed by atoms with Crippen molar-refractivity contribution in [2.75, 3.05) is 32.0 Å². The zero-order valence-electron chi connectivity index (χ0n) is 43.5. The van der Waals surface area contributed by atoms with Gasteiger partial charge in [-0.25, -0.2) is 0 Å². The Morgan fingerprint density at radius 3 is 2.04 bits per heavy atom. The van der Waals surface area contributed by atoms with Crippen molar-refractivity contribution in [2.24, 2.45) is 33.8 Å². The molecule has 2 fully saturated rings. The first-order valence-electron chi connectivity index (χ1n) is 25.0. The minimum Gasteiger partial charge on any atom is -0.494 e. The highest BCUT2D eigenvalue weighted by Crippen LogP contribution is 2.39. The standard InChI is InChI=1S/C50H73N13O11S2/c1-6-74-31-18-16-30(17-19-31)23-33-43(68)59-34(22-29-12-8-7-9-13-29)45(70)62-41(28(2)3)47(72)60-35(24-38(51)64)44(69)61-36(27-75-76-50(4,5)25-40(66)57-33)48(73)63-21-11-15-37(63)46(71)58-32(14-10-20-55-49(53)54)42(67)56-26-39(52)65/h7-9,12-13,16-19,28,32-37,41H,6,10-11,14-15,20-27H2,1-5H3,(H2,51,64)(H2,52,65)(H,56,67)(H,57,66)(H,58,71)(H,59,68)(H,60,72)(H,61,69)(H,62,70)(H4,53,54,55)/t32-,33+,34+,35+,36+,37+,41+/m1/s1. The van der Waals surface area contributed by atoms with E-state index in [0.717, 1.165) is 10.8 Å². The Morgan fingerprint density at radius 2 is 1.42 bits per heavy atom. The summed E-state index contributed by atoms with van der Waals surface area (Å²) in [6.45, 7) is 8.76. The van der Waals surface area contributed by atoms with Crippen LogP contribution in [0.3, 0.4) is 0 Å². The minimum absolute atomic E-state index is 0.0197. The van der Waals surface area contributed by atoms with E-state index in [0.29, 0.717) is 29.9 Å². The Morgan fingerprint density at radius 1 is 0.803 bits per heavy atom. The zero-order valence-corrected chi connectivity index (χ0v) is 45.2. The fourth-order valence-electron chi connectivity index (χ4n) is 8.34. The largest absolute Gasteiger partial charge is 0.494 e. The van der Waals surface area contributed by atoms with Crippen molar-refractivity contribution in [1.29, 1.82) is 0 Å². The Kier molecular flexibility index (Phi) is 24.1. The van der Waals surface area contributed by atoms with E-state index >= 15 is 0 Å². The highest BCUT2D eigenvalue weighted by atomic mass is 33.1. The summed E-state index contributed by atoms with van der Waals surface area (Å²) in [6, 6.07) is 6.59. The van der Waals surface area contributed by atoms with Crippen LogP contribution in [0.1, 0.15) is 84.3 Å². The van der Waals surface area contributed by atoms with Crippen LogP contribution in [0.15, 0.2) is 59.6 Å². The summed E-state index contributed by atoms with van der Waals surface area (Å²) >= 11 is 0. The average Bonchev–Trinajstić information content (AvgIpc) is 3.85. The van der Waals surface area contributed by atoms with Crippen molar-refractivity contribution in [1.82, 2.24) is 42.1 Å². The SMILES string of the molecule is CCOc1ccc(C[C@@H]2NC(=O)CC(C)(C)SSC[C@@H](C(=O)N3CCC[C@H]3C(=O)N[C@H](CCCN=C(N)N)C(=O)NCC(N)=O)NC(=O)[C@H](CC(N)=O)NC(=O)[C@H](C(C)C)NC(=O)[C@H](Cc3ccccc3)NC2=O)cc1. The first-order valence-corrected chi connectivity index (χ1v) is 27.4. The fraction of sp³-hybridized carbons (Fsp3) is 0.540. The van der Waals surface area contributed by atoms with E-state index < -0.39 is 125 Å². The van der Waals surface area contributed by atoms with Gasteiger partial charge in [-0.2, -0.15) is 0 Å². The summed E-state index contributed by atoms with van der Waals surface area (Å²) < 4.78 is 4.70. The van der Waals surface area contributed by atoms with Gasteiger partial charge in [-0.05, 0) is 75.6 Å². The van der Waals surface area contributed by atoms with Gasteiger partial charge in [0.05, 0.1) is 19.6 Å². The molecule has 15 N–H and O–H groups in total. The van der Waals surface area contributed by atoms with Crippen LogP contribution in [0.5, 0.6) is 5.75 Å². The van der Waals surface area contributed by atoms with Crippen LogP contribution in [-0.2, 0) is 60.8 Å². The Labute approximate surface area is 450 Å². The molecule has 0 spiro atoms. The molecule has 2 saturated heterocycles. The summed E-state index contributed by atoms with van der Waals surface area (Å²) in [5, 5.41) is 18.7. The molecule has 0 saturated carbocycles. The average molecular weight is 1100 g/mol. The smallest absolute Gasteiger partial charge is 0.246 e. The van der Waals surface area contributed by atoms with Gasteiger partial charge in [0, 0.05) is 42.9 Å². The molecular weight excluding hydrogens is 1020 g/mol. The molecule has 0 aliphatic carbocycles. The molecule has 4 rings (SSSR count). The fourth-order valence-corrected chi connectivity index (χ4v) is 11.0. The number of nitrogens with zero attached hydrogens (tertiary/aromatic N) is 2. The maximum Gasteiger partial charge on any atom is 0.246 e. The molecule has 2 aromatic rings. The molecule has 0 unspecified atom stereocenters. The third kappa shape index (κ3) is 20.2. The third-order valence-corrected chi connectivity index (χ3v) is 15.4. The lowest BCUT2D eigenvalue weighted by Crippen LogP contribution is -2.61. The van der Waals surface area contributed by atoms with Gasteiger partial charge in [-0.3, -0.25) is 52.9 Å². The highest BCUT2D eigenvalue weighted by Gasteiger charge is 2.41. The lowest BCUT2D eigenvalue weighted by atomic mass is 9.99. The van der Waals surface area contributed by atoms with E-state index in [1.165, 1.54) is 15.7 Å². The number of nitrogens with two attached hydrogens (primary N) is 4. The van der Waals surface area contributed by atoms with E-state index in [-0.39, 0.29) is 63.3 Å². The number of hydrogen-bond acceptors (Lipinski definition) is 14. The zero-order chi connectivity index (χ0) is 56.1. The second-order valence-corrected chi connectivity index (χ2v) is 22.4. The molecule has 10 amide bonds. The number of primary amides is 2. The molecule has 416 valence electrons. The van der Waals surface area contributed by atoms with Crippen LogP contribution < -0.4 is 64.9 Å². The van der Waals surface area contributed by atoms with Gasteiger partial charge < -0.3 is 69.8 Å². The van der Waals surface area contributed by atoms with Gasteiger partial charge in [-0.1, -0.05) is 77.9 Å². The van der Waals surface area contributed by atoms with Crippen LogP contribution in [0.2, 0.25) is 0 Å². The van der Waals surface area contributed by atoms with Gasteiger partial charge in [0.25, 0.3) is 0 Å². The second-order valence-electron chi connectivity index (χ2n) is 19.4. The number of guanidine groups is 1. The molecule has 2 aliphatic rings. The number of nitrogens with one attached hydrogen (secondary N) is 7. The first kappa shape index (κ1) is 61.5. The van der Waals surface area contributed by atoms with E-state index in [9.17, 15) is 47.9 Å². The number of rotatable bonds is 19. The van der Waals surface area contributed by atoms with E-state index in [1.807, 2.05) is 6.92 Å². The topological polar surface area (TPSA) is 384 Å². The second kappa shape index (κ2) is 29.9. The first-order chi connectivity index (χ1) is 36.0. The third-order valence-electron chi connectivity index (χ3n) is 12.1. The van der Waals surface area contributed by atoms with E-state index in [2.05, 4.69) is 42.2 Å². The van der Waals surface area contributed by atoms with Crippen LogP contribution in [0, 0.1) is 5.92 Å². The Bertz CT molecular complexity index is 2410. The van der Waals surface area contributed by atoms with Crippen molar-refractivity contribution in [3.63, 3.8) is 0 Å². The van der Waals surface area contributed by atoms with Crippen LogP contribution in [0.4, 0.5) is 0 Å². The van der Waals surface area contributed by atoms with Crippen molar-refractivity contribution in [3.8, 4) is 5.75 Å². The Balaban J connectivity index is 1.72. The quantitative estimate of drug-likeness (QED) is 0.0331. The summed E-state index contributed by atoms with van der Waals surface area (Å²) in [5.74, 6) is -8.16. The maximum absolute atomic E-state index is 14.7. The normalized spacial score (nSPS) is 22.3. The molecule has 76 heavy (non-hydrogen) atoms. The summed E-state index contributed by atoms with van der Waals surface area (Å²) in [7, 11) is 2.33. The minimum atomic E-state index is -1.67. The van der Waals surface area contributed by atoms with Crippen molar-refractivity contribution in [2.45, 2.75) is 133 Å². The van der Waals surface area contributed by atoms with Gasteiger partial charge in [0.2, 0.25) is 59.1 Å². The molecule has 0 radical (unpaired) electrons. The molecule has 2 aliphatic heterocycles. The van der Waals surface area contributed by atoms with Crippen LogP contribution in [-0.4, -0.2) is 149 Å². The molecule has 0 aromatic heterocycles. The number of carbonyl (C=O) groups excluding carboxylic acids is 10. The van der Waals surface area contributed by atoms with Crippen molar-refractivity contribution < 1.29 is 52.7 Å². The number of likely N-dealkylation sites (tertiary alicyclic amines) is 1. The molecule has 2 aromatic carbocycles. The Hall–Kier alpha value is -7.09. The molecule has 2 heterocycles. The summed E-state index contributed by atoms with van der Waals surface area (Å²) in [4.78, 5) is 143. The summed E-state index contributed by atoms with van der Waals surface area (Å²) in [6.07, 6.45) is -0.0794. The summed E-state index contributed by atoms with van der Waals surface area (Å²) in [5.41, 5.74) is 23.1. The van der Waals surface area contributed by atoms with Crippen LogP contribution in [0.25, 0.3) is 0 Å². The van der Waals surface area contributed by atoms with E-state index in [1.54, 1.807) is 82.3 Å². The molecule has 0 bridgehead atoms. The molecule has 26 heteroatoms. The van der Waals surface area contributed by atoms with Crippen molar-refractivity contribution >= 4 is 86.6 Å². The number of ether oxygens (including phenoxy) is 1. The molecule has 24 nitrogen and oxygen atoms in total. The lowest BCUT2D eigenvalue weighted by molar-refractivity contribution is -0.142. The predicted molar refractivity (Wildman–Crippen MR) is 287 cm³/mol. The molecular formula is C50H73N13O11S2. The lowest BCUT2D eigenvalue weighted by Gasteiger charge is -2.32. The van der Waals surface area contributed by atoms with Gasteiger partial charge in [0.1, 0.15) is 48.0 Å². The number of hydrogen-bond donors (Lipinski definition) is 11. The number of carbonyl (C=O) groups is 10. The van der Waals surface area contributed by atoms with E-state index in [4.69, 9.17) is 27.7 Å². The van der Waals surface area contributed by atoms with Crippen LogP contribution >= 0.6 is 21.6 Å². The highest BCUT2D eigenvalue weighted by molar-refractivity contribution is 8.77. The maximum atomic E-state index is 14.7.